The second-order valence-electron chi connectivity index (χ2n) is 4.86. The summed E-state index contributed by atoms with van der Waals surface area (Å²) in [5.41, 5.74) is 0. The highest BCUT2D eigenvalue weighted by Gasteiger charge is 1.80. The summed E-state index contributed by atoms with van der Waals surface area (Å²) in [5, 5.41) is 8.06. The van der Waals surface area contributed by atoms with Crippen LogP contribution in [0.5, 0.6) is 0 Å². The molecule has 17 heavy (non-hydrogen) atoms. The smallest absolute Gasteiger partial charge is 0.0483 e. The van der Waals surface area contributed by atoms with Crippen molar-refractivity contribution in [3.05, 3.63) is 0 Å². The van der Waals surface area contributed by atoms with E-state index in [1.54, 1.807) is 13.8 Å². The first kappa shape index (κ1) is 22.2. The molecule has 0 rings (SSSR count). The normalized spacial score (nSPS) is 9.18. The van der Waals surface area contributed by atoms with E-state index >= 15 is 0 Å². The van der Waals surface area contributed by atoms with Crippen LogP contribution in [-0.2, 0) is 0 Å². The minimum atomic E-state index is -0.167. The molecule has 0 bridgehead atoms. The molecule has 0 aliphatic carbocycles. The van der Waals surface area contributed by atoms with Crippen LogP contribution in [0.1, 0.15) is 99.3 Å². The Morgan fingerprint density at radius 2 is 0.765 bits per heavy atom. The summed E-state index contributed by atoms with van der Waals surface area (Å²) in [7, 11) is 0. The summed E-state index contributed by atoms with van der Waals surface area (Å²) in [6, 6.07) is 0. The fourth-order valence-corrected chi connectivity index (χ4v) is 1.18. The molecule has 0 saturated carbocycles. The van der Waals surface area contributed by atoms with Crippen molar-refractivity contribution in [3.8, 4) is 0 Å². The number of hydrogen-bond acceptors (Lipinski definition) is 1. The molecule has 0 unspecified atom stereocenters. The van der Waals surface area contributed by atoms with E-state index in [1.807, 2.05) is 0 Å². The molecule has 0 saturated heterocycles. The Hall–Kier alpha value is -0.0400. The van der Waals surface area contributed by atoms with Crippen LogP contribution in [0.4, 0.5) is 0 Å². The number of aliphatic hydroxyl groups excluding tert-OH is 1. The van der Waals surface area contributed by atoms with Crippen LogP contribution >= 0.6 is 0 Å². The molecule has 0 amide bonds. The van der Waals surface area contributed by atoms with Crippen LogP contribution in [0, 0.1) is 0 Å². The van der Waals surface area contributed by atoms with Crippen LogP contribution < -0.4 is 0 Å². The molecule has 0 fully saturated rings. The Labute approximate surface area is 111 Å². The Bertz CT molecular complexity index is 78.8. The van der Waals surface area contributed by atoms with Gasteiger partial charge in [-0.15, -0.1) is 0 Å². The molecular weight excluding hydrogens is 208 g/mol. The van der Waals surface area contributed by atoms with E-state index in [0.717, 1.165) is 0 Å². The fourth-order valence-electron chi connectivity index (χ4n) is 1.18. The first-order valence-electron chi connectivity index (χ1n) is 7.74. The average molecular weight is 246 g/mol. The van der Waals surface area contributed by atoms with Gasteiger partial charge in [0.15, 0.2) is 0 Å². The predicted octanol–water partition coefficient (Wildman–Crippen LogP) is 5.95. The van der Waals surface area contributed by atoms with Crippen molar-refractivity contribution < 1.29 is 5.11 Å². The topological polar surface area (TPSA) is 20.2 Å². The summed E-state index contributed by atoms with van der Waals surface area (Å²) < 4.78 is 0. The SMILES string of the molecule is CC(C)O.CCCCCC.CCCCCCC. The standard InChI is InChI=1S/C7H16.C6H14.C3H8O/c1-3-5-7-6-4-2;1-3-5-6-4-2;1-3(2)4/h3-7H2,1-2H3;3-6H2,1-2H3;3-4H,1-2H3. The predicted molar refractivity (Wildman–Crippen MR) is 81.6 cm³/mol. The van der Waals surface area contributed by atoms with Gasteiger partial charge >= 0.3 is 0 Å². The maximum Gasteiger partial charge on any atom is 0.0483 e. The number of rotatable bonds is 7. The van der Waals surface area contributed by atoms with Gasteiger partial charge in [0.25, 0.3) is 0 Å². The Morgan fingerprint density at radius 1 is 0.588 bits per heavy atom. The molecular formula is C16H38O. The quantitative estimate of drug-likeness (QED) is 0.550. The van der Waals surface area contributed by atoms with Gasteiger partial charge in [-0.25, -0.2) is 0 Å². The van der Waals surface area contributed by atoms with Gasteiger partial charge in [-0.2, -0.15) is 0 Å². The van der Waals surface area contributed by atoms with Crippen LogP contribution in [0.15, 0.2) is 0 Å². The van der Waals surface area contributed by atoms with Crippen molar-refractivity contribution in [2.24, 2.45) is 0 Å². The maximum atomic E-state index is 8.06. The summed E-state index contributed by atoms with van der Waals surface area (Å²) in [6.07, 6.45) is 12.4. The van der Waals surface area contributed by atoms with Crippen LogP contribution in [0.25, 0.3) is 0 Å². The molecule has 0 spiro atoms. The summed E-state index contributed by atoms with van der Waals surface area (Å²) in [4.78, 5) is 0. The van der Waals surface area contributed by atoms with Crippen LogP contribution in [-0.4, -0.2) is 11.2 Å². The lowest BCUT2D eigenvalue weighted by Gasteiger charge is -1.90. The van der Waals surface area contributed by atoms with E-state index in [9.17, 15) is 0 Å². The van der Waals surface area contributed by atoms with Crippen molar-refractivity contribution in [2.75, 3.05) is 0 Å². The van der Waals surface area contributed by atoms with Gasteiger partial charge in [0, 0.05) is 6.10 Å². The van der Waals surface area contributed by atoms with Gasteiger partial charge in [-0.05, 0) is 13.8 Å². The van der Waals surface area contributed by atoms with Gasteiger partial charge in [0.2, 0.25) is 0 Å². The van der Waals surface area contributed by atoms with Crippen molar-refractivity contribution in [3.63, 3.8) is 0 Å². The van der Waals surface area contributed by atoms with Gasteiger partial charge in [0.05, 0.1) is 0 Å². The Balaban J connectivity index is -0.000000180. The number of hydrogen-bond donors (Lipinski definition) is 1. The Morgan fingerprint density at radius 3 is 0.941 bits per heavy atom. The molecule has 0 aromatic carbocycles. The van der Waals surface area contributed by atoms with Gasteiger partial charge in [-0.1, -0.05) is 85.5 Å². The molecule has 0 aliphatic heterocycles. The molecule has 108 valence electrons. The summed E-state index contributed by atoms with van der Waals surface area (Å²) >= 11 is 0. The third-order valence-corrected chi connectivity index (χ3v) is 2.16. The fraction of sp³-hybridized carbons (Fsp3) is 1.00. The molecule has 0 atom stereocenters. The van der Waals surface area contributed by atoms with E-state index in [4.69, 9.17) is 5.11 Å². The van der Waals surface area contributed by atoms with E-state index < -0.39 is 0 Å². The molecule has 0 aliphatic rings. The highest BCUT2D eigenvalue weighted by molar-refractivity contribution is 4.36. The third-order valence-electron chi connectivity index (χ3n) is 2.16. The van der Waals surface area contributed by atoms with E-state index in [-0.39, 0.29) is 6.10 Å². The summed E-state index contributed by atoms with van der Waals surface area (Å²) in [6.45, 7) is 12.4. The summed E-state index contributed by atoms with van der Waals surface area (Å²) in [5.74, 6) is 0. The van der Waals surface area contributed by atoms with Gasteiger partial charge in [-0.3, -0.25) is 0 Å². The second kappa shape index (κ2) is 25.0. The number of aliphatic hydroxyl groups is 1. The number of unbranched alkanes of at least 4 members (excludes halogenated alkanes) is 7. The molecule has 0 heterocycles. The highest BCUT2D eigenvalue weighted by Crippen LogP contribution is 2.00. The zero-order valence-electron chi connectivity index (χ0n) is 13.4. The maximum absolute atomic E-state index is 8.06. The third kappa shape index (κ3) is 64.2. The molecule has 0 radical (unpaired) electrons. The van der Waals surface area contributed by atoms with Gasteiger partial charge in [0.1, 0.15) is 0 Å². The van der Waals surface area contributed by atoms with Crippen LogP contribution in [0.2, 0.25) is 0 Å². The molecule has 1 heteroatoms. The Kier molecular flexibility index (Phi) is 32.6. The largest absolute Gasteiger partial charge is 0.394 e. The zero-order chi connectivity index (χ0) is 13.9. The minimum Gasteiger partial charge on any atom is -0.394 e. The van der Waals surface area contributed by atoms with Crippen LogP contribution in [0.3, 0.4) is 0 Å². The highest BCUT2D eigenvalue weighted by atomic mass is 16.3. The van der Waals surface area contributed by atoms with Gasteiger partial charge < -0.3 is 5.11 Å². The van der Waals surface area contributed by atoms with Crippen molar-refractivity contribution >= 4 is 0 Å². The average Bonchev–Trinajstić information content (AvgIpc) is 2.27. The van der Waals surface area contributed by atoms with Crippen molar-refractivity contribution in [1.29, 1.82) is 0 Å². The second-order valence-corrected chi connectivity index (χ2v) is 4.86. The van der Waals surface area contributed by atoms with E-state index in [1.165, 1.54) is 57.8 Å². The lowest BCUT2D eigenvalue weighted by molar-refractivity contribution is 0.216. The first-order valence-corrected chi connectivity index (χ1v) is 7.74. The minimum absolute atomic E-state index is 0.167. The monoisotopic (exact) mass is 246 g/mol. The van der Waals surface area contributed by atoms with Crippen molar-refractivity contribution in [1.82, 2.24) is 0 Å². The van der Waals surface area contributed by atoms with Crippen molar-refractivity contribution in [2.45, 2.75) is 105 Å². The van der Waals surface area contributed by atoms with E-state index in [2.05, 4.69) is 27.7 Å². The zero-order valence-corrected chi connectivity index (χ0v) is 13.4. The molecule has 1 nitrogen and oxygen atoms in total. The lowest BCUT2D eigenvalue weighted by atomic mass is 10.2. The first-order chi connectivity index (χ1) is 8.06. The molecule has 0 aromatic rings. The lowest BCUT2D eigenvalue weighted by Crippen LogP contribution is -1.85. The van der Waals surface area contributed by atoms with E-state index in [0.29, 0.717) is 0 Å². The molecule has 1 N–H and O–H groups in total. The molecule has 0 aromatic heterocycles.